The van der Waals surface area contributed by atoms with Gasteiger partial charge in [-0.05, 0) is 41.1 Å². The lowest BCUT2D eigenvalue weighted by Crippen LogP contribution is -2.15. The summed E-state index contributed by atoms with van der Waals surface area (Å²) in [4.78, 5) is 15.8. The number of carbonyl (C=O) groups is 1. The first kappa shape index (κ1) is 10.9. The number of carbonyl (C=O) groups excluding carboxylic acids is 1. The smallest absolute Gasteiger partial charge is 0.231 e. The number of hydrogen-bond donors (Lipinski definition) is 1. The normalized spacial score (nSPS) is 22.7. The summed E-state index contributed by atoms with van der Waals surface area (Å²) in [7, 11) is 0. The average Bonchev–Trinajstić information content (AvgIpc) is 2.87. The molecule has 0 bridgehead atoms. The first-order valence-electron chi connectivity index (χ1n) is 5.23. The van der Waals surface area contributed by atoms with E-state index in [-0.39, 0.29) is 5.91 Å². The SMILES string of the molecule is O=C(Nc1cn2cc(I)ccc2n1)[C@@H]1C[C@@H]1F. The third-order valence-electron chi connectivity index (χ3n) is 2.72. The first-order chi connectivity index (χ1) is 8.13. The van der Waals surface area contributed by atoms with Gasteiger partial charge in [-0.2, -0.15) is 0 Å². The van der Waals surface area contributed by atoms with E-state index in [9.17, 15) is 9.18 Å². The number of nitrogens with one attached hydrogen (secondary N) is 1. The number of nitrogens with zero attached hydrogens (tertiary/aromatic N) is 2. The molecular weight excluding hydrogens is 336 g/mol. The molecule has 1 aliphatic rings. The van der Waals surface area contributed by atoms with E-state index in [1.807, 2.05) is 22.7 Å². The van der Waals surface area contributed by atoms with Gasteiger partial charge in [-0.3, -0.25) is 4.79 Å². The van der Waals surface area contributed by atoms with E-state index in [2.05, 4.69) is 32.9 Å². The Kier molecular flexibility index (Phi) is 2.53. The maximum absolute atomic E-state index is 12.7. The highest BCUT2D eigenvalue weighted by molar-refractivity contribution is 14.1. The molecular formula is C11H9FIN3O. The summed E-state index contributed by atoms with van der Waals surface area (Å²) in [5, 5.41) is 2.63. The van der Waals surface area contributed by atoms with Crippen molar-refractivity contribution in [1.82, 2.24) is 9.38 Å². The number of hydrogen-bond acceptors (Lipinski definition) is 2. The molecule has 1 fully saturated rings. The molecule has 88 valence electrons. The van der Waals surface area contributed by atoms with E-state index in [4.69, 9.17) is 0 Å². The van der Waals surface area contributed by atoms with Crippen LogP contribution in [0.3, 0.4) is 0 Å². The molecule has 0 spiro atoms. The molecule has 0 saturated heterocycles. The molecule has 6 heteroatoms. The van der Waals surface area contributed by atoms with Crippen molar-refractivity contribution in [3.05, 3.63) is 28.1 Å². The Morgan fingerprint density at radius 2 is 2.29 bits per heavy atom. The Morgan fingerprint density at radius 3 is 3.00 bits per heavy atom. The van der Waals surface area contributed by atoms with Gasteiger partial charge in [0.25, 0.3) is 0 Å². The van der Waals surface area contributed by atoms with Crippen molar-refractivity contribution in [2.24, 2.45) is 5.92 Å². The van der Waals surface area contributed by atoms with Crippen LogP contribution in [0.2, 0.25) is 0 Å². The third-order valence-corrected chi connectivity index (χ3v) is 3.35. The van der Waals surface area contributed by atoms with Gasteiger partial charge in [-0.15, -0.1) is 0 Å². The molecule has 4 nitrogen and oxygen atoms in total. The second kappa shape index (κ2) is 3.94. The highest BCUT2D eigenvalue weighted by atomic mass is 127. The summed E-state index contributed by atoms with van der Waals surface area (Å²) in [6.07, 6.45) is 2.99. The number of halogens is 2. The fraction of sp³-hybridized carbons (Fsp3) is 0.273. The molecule has 2 aromatic heterocycles. The standard InChI is InChI=1S/C11H9FIN3O/c12-8-3-7(8)11(17)15-9-5-16-4-6(13)1-2-10(16)14-9/h1-2,4-5,7-8H,3H2,(H,15,17)/t7-,8+/m1/s1. The van der Waals surface area contributed by atoms with Crippen molar-refractivity contribution < 1.29 is 9.18 Å². The van der Waals surface area contributed by atoms with E-state index in [1.54, 1.807) is 6.20 Å². The number of amides is 1. The molecule has 2 atom stereocenters. The number of rotatable bonds is 2. The number of pyridine rings is 1. The molecule has 17 heavy (non-hydrogen) atoms. The highest BCUT2D eigenvalue weighted by Crippen LogP contribution is 2.34. The summed E-state index contributed by atoms with van der Waals surface area (Å²) in [6.45, 7) is 0. The van der Waals surface area contributed by atoms with Gasteiger partial charge in [0.15, 0.2) is 5.82 Å². The summed E-state index contributed by atoms with van der Waals surface area (Å²) in [5.74, 6) is -0.299. The quantitative estimate of drug-likeness (QED) is 0.849. The molecule has 1 aliphatic carbocycles. The van der Waals surface area contributed by atoms with Crippen molar-refractivity contribution in [1.29, 1.82) is 0 Å². The second-order valence-electron chi connectivity index (χ2n) is 4.09. The highest BCUT2D eigenvalue weighted by Gasteiger charge is 2.43. The molecule has 1 N–H and O–H groups in total. The van der Waals surface area contributed by atoms with Crippen LogP contribution < -0.4 is 5.32 Å². The van der Waals surface area contributed by atoms with Gasteiger partial charge in [0.1, 0.15) is 11.8 Å². The molecule has 0 unspecified atom stereocenters. The summed E-state index contributed by atoms with van der Waals surface area (Å²) in [6, 6.07) is 3.81. The second-order valence-corrected chi connectivity index (χ2v) is 5.33. The zero-order valence-electron chi connectivity index (χ0n) is 8.73. The van der Waals surface area contributed by atoms with E-state index in [0.29, 0.717) is 12.2 Å². The van der Waals surface area contributed by atoms with Crippen LogP contribution in [0.25, 0.3) is 5.65 Å². The minimum atomic E-state index is -0.979. The molecule has 0 aromatic carbocycles. The van der Waals surface area contributed by atoms with Crippen LogP contribution in [-0.4, -0.2) is 21.5 Å². The van der Waals surface area contributed by atoms with Gasteiger partial charge in [-0.25, -0.2) is 9.37 Å². The molecule has 1 saturated carbocycles. The lowest BCUT2D eigenvalue weighted by atomic mass is 10.4. The fourth-order valence-electron chi connectivity index (χ4n) is 1.68. The maximum Gasteiger partial charge on any atom is 0.231 e. The van der Waals surface area contributed by atoms with Gasteiger partial charge in [0, 0.05) is 9.77 Å². The molecule has 3 rings (SSSR count). The van der Waals surface area contributed by atoms with Crippen molar-refractivity contribution >= 4 is 40.0 Å². The van der Waals surface area contributed by atoms with Crippen LogP contribution in [0.1, 0.15) is 6.42 Å². The molecule has 0 aliphatic heterocycles. The minimum Gasteiger partial charge on any atom is -0.309 e. The number of alkyl halides is 1. The van der Waals surface area contributed by atoms with Crippen molar-refractivity contribution in [2.75, 3.05) is 5.32 Å². The van der Waals surface area contributed by atoms with Crippen LogP contribution in [0, 0.1) is 9.49 Å². The number of aromatic nitrogens is 2. The van der Waals surface area contributed by atoms with Crippen LogP contribution in [0.4, 0.5) is 10.2 Å². The van der Waals surface area contributed by atoms with Crippen LogP contribution in [0.15, 0.2) is 24.5 Å². The van der Waals surface area contributed by atoms with Crippen LogP contribution >= 0.6 is 22.6 Å². The van der Waals surface area contributed by atoms with Gasteiger partial charge in [0.2, 0.25) is 5.91 Å². The predicted octanol–water partition coefficient (Wildman–Crippen LogP) is 2.24. The Bertz CT molecular complexity index is 597. The molecule has 0 radical (unpaired) electrons. The summed E-state index contributed by atoms with van der Waals surface area (Å²) < 4.78 is 15.6. The Labute approximate surface area is 110 Å². The van der Waals surface area contributed by atoms with Crippen molar-refractivity contribution in [2.45, 2.75) is 12.6 Å². The van der Waals surface area contributed by atoms with E-state index in [1.165, 1.54) is 0 Å². The van der Waals surface area contributed by atoms with Gasteiger partial charge in [0.05, 0.1) is 12.1 Å². The number of fused-ring (bicyclic) bond motifs is 1. The average molecular weight is 345 g/mol. The minimum absolute atomic E-state index is 0.282. The zero-order chi connectivity index (χ0) is 12.0. The van der Waals surface area contributed by atoms with Crippen LogP contribution in [0.5, 0.6) is 0 Å². The lowest BCUT2D eigenvalue weighted by molar-refractivity contribution is -0.117. The van der Waals surface area contributed by atoms with Crippen molar-refractivity contribution in [3.63, 3.8) is 0 Å². The van der Waals surface area contributed by atoms with E-state index in [0.717, 1.165) is 9.22 Å². The Morgan fingerprint density at radius 1 is 1.53 bits per heavy atom. The topological polar surface area (TPSA) is 46.4 Å². The number of anilines is 1. The summed E-state index contributed by atoms with van der Waals surface area (Å²) >= 11 is 2.20. The van der Waals surface area contributed by atoms with Crippen LogP contribution in [-0.2, 0) is 4.79 Å². The van der Waals surface area contributed by atoms with E-state index >= 15 is 0 Å². The maximum atomic E-state index is 12.7. The predicted molar refractivity (Wildman–Crippen MR) is 69.5 cm³/mol. The largest absolute Gasteiger partial charge is 0.309 e. The van der Waals surface area contributed by atoms with Gasteiger partial charge < -0.3 is 9.72 Å². The molecule has 2 aromatic rings. The van der Waals surface area contributed by atoms with Crippen molar-refractivity contribution in [3.8, 4) is 0 Å². The van der Waals surface area contributed by atoms with Gasteiger partial charge in [-0.1, -0.05) is 0 Å². The molecule has 1 amide bonds. The molecule has 2 heterocycles. The lowest BCUT2D eigenvalue weighted by Gasteiger charge is -1.97. The van der Waals surface area contributed by atoms with Gasteiger partial charge >= 0.3 is 0 Å². The Hall–Kier alpha value is -1.18. The van der Waals surface area contributed by atoms with E-state index < -0.39 is 12.1 Å². The zero-order valence-corrected chi connectivity index (χ0v) is 10.9. The number of imidazole rings is 1. The fourth-order valence-corrected chi connectivity index (χ4v) is 2.16. The first-order valence-corrected chi connectivity index (χ1v) is 6.30. The third kappa shape index (κ3) is 2.13. The Balaban J connectivity index is 1.83. The summed E-state index contributed by atoms with van der Waals surface area (Å²) in [5.41, 5.74) is 0.758. The monoisotopic (exact) mass is 345 g/mol.